The normalized spacial score (nSPS) is 17.7. The van der Waals surface area contributed by atoms with Gasteiger partial charge in [-0.1, -0.05) is 31.4 Å². The molecule has 1 aliphatic carbocycles. The summed E-state index contributed by atoms with van der Waals surface area (Å²) in [6, 6.07) is 5.47. The number of aryl methyl sites for hydroxylation is 1. The molecule has 0 radical (unpaired) electrons. The summed E-state index contributed by atoms with van der Waals surface area (Å²) in [5, 5.41) is 12.6. The van der Waals surface area contributed by atoms with Gasteiger partial charge in [-0.15, -0.1) is 0 Å². The summed E-state index contributed by atoms with van der Waals surface area (Å²) in [6.07, 6.45) is 5.44. The van der Waals surface area contributed by atoms with E-state index in [1.54, 1.807) is 6.07 Å². The molecule has 20 heavy (non-hydrogen) atoms. The van der Waals surface area contributed by atoms with Gasteiger partial charge in [0.05, 0.1) is 12.2 Å². The number of benzene rings is 1. The van der Waals surface area contributed by atoms with Gasteiger partial charge in [-0.2, -0.15) is 0 Å². The molecule has 0 unspecified atom stereocenters. The van der Waals surface area contributed by atoms with E-state index in [1.807, 2.05) is 19.1 Å². The van der Waals surface area contributed by atoms with Gasteiger partial charge in [-0.3, -0.25) is 4.79 Å². The Balaban J connectivity index is 2.02. The third kappa shape index (κ3) is 3.12. The molecule has 0 saturated heterocycles. The van der Waals surface area contributed by atoms with E-state index in [1.165, 1.54) is 6.42 Å². The quantitative estimate of drug-likeness (QED) is 0.738. The monoisotopic (exact) mass is 276 g/mol. The van der Waals surface area contributed by atoms with Crippen molar-refractivity contribution >= 4 is 11.6 Å². The molecule has 0 atom stereocenters. The molecular formula is C16H24N2O2. The van der Waals surface area contributed by atoms with Crippen LogP contribution in [0.15, 0.2) is 18.2 Å². The summed E-state index contributed by atoms with van der Waals surface area (Å²) in [7, 11) is 0. The van der Waals surface area contributed by atoms with Crippen molar-refractivity contribution in [2.45, 2.75) is 39.0 Å². The molecule has 2 rings (SSSR count). The lowest BCUT2D eigenvalue weighted by Crippen LogP contribution is -2.41. The molecule has 4 N–H and O–H groups in total. The molecule has 1 amide bonds. The van der Waals surface area contributed by atoms with Gasteiger partial charge < -0.3 is 16.2 Å². The van der Waals surface area contributed by atoms with Gasteiger partial charge in [0.15, 0.2) is 0 Å². The zero-order chi connectivity index (χ0) is 14.6. The molecule has 4 heteroatoms. The first-order valence-electron chi connectivity index (χ1n) is 7.32. The van der Waals surface area contributed by atoms with Crippen LogP contribution in [0.2, 0.25) is 0 Å². The number of amides is 1. The van der Waals surface area contributed by atoms with E-state index in [0.717, 1.165) is 31.2 Å². The van der Waals surface area contributed by atoms with Crippen molar-refractivity contribution in [2.24, 2.45) is 5.41 Å². The predicted molar refractivity (Wildman–Crippen MR) is 80.5 cm³/mol. The zero-order valence-electron chi connectivity index (χ0n) is 12.1. The maximum absolute atomic E-state index is 12.2. The Morgan fingerprint density at radius 3 is 2.70 bits per heavy atom. The Kier molecular flexibility index (Phi) is 4.65. The number of aliphatic hydroxyl groups is 1. The van der Waals surface area contributed by atoms with Crippen LogP contribution in [-0.4, -0.2) is 24.2 Å². The first kappa shape index (κ1) is 14.9. The van der Waals surface area contributed by atoms with Gasteiger partial charge in [-0.05, 0) is 31.4 Å². The summed E-state index contributed by atoms with van der Waals surface area (Å²) >= 11 is 0. The van der Waals surface area contributed by atoms with Gasteiger partial charge in [0.2, 0.25) is 0 Å². The molecule has 1 saturated carbocycles. The largest absolute Gasteiger partial charge is 0.398 e. The van der Waals surface area contributed by atoms with Crippen LogP contribution < -0.4 is 11.1 Å². The first-order chi connectivity index (χ1) is 9.58. The first-order valence-corrected chi connectivity index (χ1v) is 7.32. The molecule has 1 aliphatic rings. The highest BCUT2D eigenvalue weighted by molar-refractivity contribution is 5.99. The minimum atomic E-state index is -0.149. The standard InChI is InChI=1S/C16H24N2O2/c1-12-6-5-7-13(14(12)17)15(20)18-10-16(11-19)8-3-2-4-9-16/h5-7,19H,2-4,8-11,17H2,1H3,(H,18,20). The number of para-hydroxylation sites is 1. The smallest absolute Gasteiger partial charge is 0.253 e. The van der Waals surface area contributed by atoms with E-state index in [2.05, 4.69) is 5.32 Å². The second-order valence-electron chi connectivity index (χ2n) is 5.94. The molecule has 1 aromatic carbocycles. The fourth-order valence-corrected chi connectivity index (χ4v) is 2.93. The van der Waals surface area contributed by atoms with Crippen molar-refractivity contribution in [3.05, 3.63) is 29.3 Å². The maximum Gasteiger partial charge on any atom is 0.253 e. The van der Waals surface area contributed by atoms with Crippen molar-refractivity contribution in [3.8, 4) is 0 Å². The lowest BCUT2D eigenvalue weighted by molar-refractivity contribution is 0.0718. The number of nitrogens with two attached hydrogens (primary N) is 1. The van der Waals surface area contributed by atoms with Gasteiger partial charge in [0.1, 0.15) is 0 Å². The molecule has 1 fully saturated rings. The summed E-state index contributed by atoms with van der Waals surface area (Å²) in [5.41, 5.74) is 7.77. The van der Waals surface area contributed by atoms with Crippen molar-refractivity contribution < 1.29 is 9.90 Å². The van der Waals surface area contributed by atoms with Crippen LogP contribution in [-0.2, 0) is 0 Å². The van der Waals surface area contributed by atoms with E-state index in [-0.39, 0.29) is 17.9 Å². The Hall–Kier alpha value is -1.55. The summed E-state index contributed by atoms with van der Waals surface area (Å²) < 4.78 is 0. The molecule has 1 aromatic rings. The average molecular weight is 276 g/mol. The number of hydrogen-bond acceptors (Lipinski definition) is 3. The number of rotatable bonds is 4. The lowest BCUT2D eigenvalue weighted by Gasteiger charge is -2.35. The van der Waals surface area contributed by atoms with Crippen LogP contribution in [0, 0.1) is 12.3 Å². The number of nitrogens with one attached hydrogen (secondary N) is 1. The van der Waals surface area contributed by atoms with Crippen LogP contribution in [0.5, 0.6) is 0 Å². The predicted octanol–water partition coefficient (Wildman–Crippen LogP) is 2.25. The lowest BCUT2D eigenvalue weighted by atomic mass is 9.74. The number of aliphatic hydroxyl groups excluding tert-OH is 1. The van der Waals surface area contributed by atoms with Gasteiger partial charge in [0, 0.05) is 17.6 Å². The molecule has 0 bridgehead atoms. The Morgan fingerprint density at radius 1 is 1.35 bits per heavy atom. The molecule has 4 nitrogen and oxygen atoms in total. The molecular weight excluding hydrogens is 252 g/mol. The van der Waals surface area contributed by atoms with Crippen LogP contribution >= 0.6 is 0 Å². The van der Waals surface area contributed by atoms with Crippen LogP contribution in [0.1, 0.15) is 48.0 Å². The van der Waals surface area contributed by atoms with Crippen molar-refractivity contribution in [1.29, 1.82) is 0 Å². The van der Waals surface area contributed by atoms with Crippen molar-refractivity contribution in [1.82, 2.24) is 5.32 Å². The van der Waals surface area contributed by atoms with Gasteiger partial charge >= 0.3 is 0 Å². The highest BCUT2D eigenvalue weighted by Crippen LogP contribution is 2.35. The average Bonchev–Trinajstić information content (AvgIpc) is 2.48. The fourth-order valence-electron chi connectivity index (χ4n) is 2.93. The number of carbonyl (C=O) groups is 1. The van der Waals surface area contributed by atoms with E-state index in [4.69, 9.17) is 5.73 Å². The molecule has 110 valence electrons. The zero-order valence-corrected chi connectivity index (χ0v) is 12.1. The number of carbonyl (C=O) groups excluding carboxylic acids is 1. The number of nitrogen functional groups attached to an aromatic ring is 1. The third-order valence-corrected chi connectivity index (χ3v) is 4.44. The molecule has 0 aromatic heterocycles. The SMILES string of the molecule is Cc1cccc(C(=O)NCC2(CO)CCCCC2)c1N. The van der Waals surface area contributed by atoms with Gasteiger partial charge in [0.25, 0.3) is 5.91 Å². The van der Waals surface area contributed by atoms with Gasteiger partial charge in [-0.25, -0.2) is 0 Å². The topological polar surface area (TPSA) is 75.3 Å². The van der Waals surface area contributed by atoms with E-state index in [0.29, 0.717) is 17.8 Å². The van der Waals surface area contributed by atoms with Crippen molar-refractivity contribution in [3.63, 3.8) is 0 Å². The van der Waals surface area contributed by atoms with Crippen LogP contribution in [0.3, 0.4) is 0 Å². The van der Waals surface area contributed by atoms with E-state index in [9.17, 15) is 9.90 Å². The second kappa shape index (κ2) is 6.27. The Bertz CT molecular complexity index is 479. The summed E-state index contributed by atoms with van der Waals surface area (Å²) in [6.45, 7) is 2.55. The van der Waals surface area contributed by atoms with E-state index >= 15 is 0 Å². The fraction of sp³-hybridized carbons (Fsp3) is 0.562. The Morgan fingerprint density at radius 2 is 2.05 bits per heavy atom. The molecule has 0 heterocycles. The molecule has 0 spiro atoms. The summed E-state index contributed by atoms with van der Waals surface area (Å²) in [4.78, 5) is 12.2. The van der Waals surface area contributed by atoms with Crippen LogP contribution in [0.25, 0.3) is 0 Å². The highest BCUT2D eigenvalue weighted by atomic mass is 16.3. The second-order valence-corrected chi connectivity index (χ2v) is 5.94. The Labute approximate surface area is 120 Å². The van der Waals surface area contributed by atoms with Crippen molar-refractivity contribution in [2.75, 3.05) is 18.9 Å². The minimum Gasteiger partial charge on any atom is -0.398 e. The molecule has 0 aliphatic heterocycles. The summed E-state index contributed by atoms with van der Waals surface area (Å²) in [5.74, 6) is -0.149. The maximum atomic E-state index is 12.2. The third-order valence-electron chi connectivity index (χ3n) is 4.44. The van der Waals surface area contributed by atoms with E-state index < -0.39 is 0 Å². The van der Waals surface area contributed by atoms with Crippen LogP contribution in [0.4, 0.5) is 5.69 Å². The number of hydrogen-bond donors (Lipinski definition) is 3. The minimum absolute atomic E-state index is 0.135. The number of anilines is 1. The highest BCUT2D eigenvalue weighted by Gasteiger charge is 2.31.